The maximum atomic E-state index is 3.60. The molecule has 3 heteroatoms. The summed E-state index contributed by atoms with van der Waals surface area (Å²) < 4.78 is 4.53. The standard InChI is InChI=1S/C21H18N2S/c1-14(2)12-22-13-23-18-11-10-15-6-3-4-7-16(15)21(18)24-19-9-5-8-17(22)20(19)23/h3-11,14H,12H2,1-2H3. The van der Waals surface area contributed by atoms with E-state index in [0.717, 1.165) is 6.54 Å². The van der Waals surface area contributed by atoms with Gasteiger partial charge in [-0.25, -0.2) is 0 Å². The van der Waals surface area contributed by atoms with Crippen molar-refractivity contribution in [2.75, 3.05) is 0 Å². The van der Waals surface area contributed by atoms with Crippen LogP contribution in [-0.4, -0.2) is 4.57 Å². The van der Waals surface area contributed by atoms with Gasteiger partial charge in [-0.1, -0.05) is 68.4 Å². The van der Waals surface area contributed by atoms with E-state index in [2.05, 4.69) is 83.9 Å². The summed E-state index contributed by atoms with van der Waals surface area (Å²) in [7, 11) is 0. The van der Waals surface area contributed by atoms with E-state index in [0.29, 0.717) is 5.92 Å². The van der Waals surface area contributed by atoms with Crippen LogP contribution in [0.5, 0.6) is 0 Å². The van der Waals surface area contributed by atoms with Crippen molar-refractivity contribution in [1.82, 2.24) is 4.57 Å². The molecule has 0 saturated heterocycles. The summed E-state index contributed by atoms with van der Waals surface area (Å²) in [5.74, 6) is 0.596. The molecule has 118 valence electrons. The topological polar surface area (TPSA) is 8.81 Å². The number of nitrogens with zero attached hydrogens (tertiary/aromatic N) is 2. The molecular weight excluding hydrogens is 312 g/mol. The number of rotatable bonds is 2. The van der Waals surface area contributed by atoms with Crippen LogP contribution < -0.4 is 4.57 Å². The second kappa shape index (κ2) is 5.12. The van der Waals surface area contributed by atoms with Gasteiger partial charge in [0.2, 0.25) is 6.33 Å². The van der Waals surface area contributed by atoms with Crippen molar-refractivity contribution in [1.29, 1.82) is 0 Å². The molecule has 1 aliphatic heterocycles. The molecule has 24 heavy (non-hydrogen) atoms. The summed E-state index contributed by atoms with van der Waals surface area (Å²) in [4.78, 5) is 2.65. The molecule has 0 amide bonds. The minimum Gasteiger partial charge on any atom is -0.317 e. The lowest BCUT2D eigenvalue weighted by molar-refractivity contribution is -0.577. The SMILES string of the molecule is CC(C)Cn1[c-][n+]2c3c(cccc31)Sc1c-2ccc2ccccc12. The van der Waals surface area contributed by atoms with Gasteiger partial charge < -0.3 is 9.13 Å². The molecule has 0 N–H and O–H groups in total. The monoisotopic (exact) mass is 330 g/mol. The van der Waals surface area contributed by atoms with Crippen molar-refractivity contribution in [3.8, 4) is 5.69 Å². The molecule has 0 unspecified atom stereocenters. The second-order valence-corrected chi connectivity index (χ2v) is 7.85. The predicted octanol–water partition coefficient (Wildman–Crippen LogP) is 4.99. The van der Waals surface area contributed by atoms with Gasteiger partial charge in [0, 0.05) is 9.79 Å². The second-order valence-electron chi connectivity index (χ2n) is 6.80. The summed E-state index contributed by atoms with van der Waals surface area (Å²) >= 11 is 1.88. The van der Waals surface area contributed by atoms with Crippen molar-refractivity contribution in [3.05, 3.63) is 60.9 Å². The number of hydrogen-bond donors (Lipinski definition) is 0. The van der Waals surface area contributed by atoms with Crippen LogP contribution in [-0.2, 0) is 6.54 Å². The summed E-state index contributed by atoms with van der Waals surface area (Å²) in [6, 6.07) is 19.7. The zero-order valence-corrected chi connectivity index (χ0v) is 14.6. The highest BCUT2D eigenvalue weighted by atomic mass is 32.2. The highest BCUT2D eigenvalue weighted by Crippen LogP contribution is 2.42. The molecule has 1 aromatic heterocycles. The fourth-order valence-electron chi connectivity index (χ4n) is 3.56. The molecule has 0 aliphatic carbocycles. The third kappa shape index (κ3) is 1.94. The Morgan fingerprint density at radius 3 is 2.79 bits per heavy atom. The molecular formula is C21H18N2S. The third-order valence-electron chi connectivity index (χ3n) is 4.57. The quantitative estimate of drug-likeness (QED) is 0.327. The maximum absolute atomic E-state index is 3.60. The van der Waals surface area contributed by atoms with Gasteiger partial charge in [0.05, 0.1) is 23.3 Å². The third-order valence-corrected chi connectivity index (χ3v) is 5.75. The lowest BCUT2D eigenvalue weighted by Gasteiger charge is -2.21. The van der Waals surface area contributed by atoms with E-state index in [4.69, 9.17) is 0 Å². The Morgan fingerprint density at radius 2 is 1.92 bits per heavy atom. The molecule has 0 bridgehead atoms. The molecule has 0 saturated carbocycles. The van der Waals surface area contributed by atoms with E-state index in [-0.39, 0.29) is 0 Å². The summed E-state index contributed by atoms with van der Waals surface area (Å²) in [6.45, 7) is 5.49. The largest absolute Gasteiger partial charge is 0.317 e. The first-order chi connectivity index (χ1) is 11.7. The molecule has 2 nitrogen and oxygen atoms in total. The first-order valence-electron chi connectivity index (χ1n) is 8.39. The Kier molecular flexibility index (Phi) is 3.01. The normalized spacial score (nSPS) is 13.0. The van der Waals surface area contributed by atoms with Gasteiger partial charge in [-0.2, -0.15) is 0 Å². The maximum Gasteiger partial charge on any atom is 0.244 e. The first-order valence-corrected chi connectivity index (χ1v) is 9.20. The average molecular weight is 330 g/mol. The molecule has 1 aliphatic rings. The lowest BCUT2D eigenvalue weighted by atomic mass is 10.1. The van der Waals surface area contributed by atoms with E-state index in [1.54, 1.807) is 0 Å². The molecule has 3 aromatic carbocycles. The van der Waals surface area contributed by atoms with Crippen LogP contribution in [0.25, 0.3) is 27.5 Å². The fourth-order valence-corrected chi connectivity index (χ4v) is 4.78. The number of benzene rings is 3. The van der Waals surface area contributed by atoms with Crippen LogP contribution in [0.2, 0.25) is 0 Å². The number of imidazole rings is 1. The van der Waals surface area contributed by atoms with Crippen molar-refractivity contribution in [3.63, 3.8) is 0 Å². The Balaban J connectivity index is 1.85. The Hall–Kier alpha value is -2.26. The minimum atomic E-state index is 0.596. The van der Waals surface area contributed by atoms with Crippen LogP contribution >= 0.6 is 11.8 Å². The Bertz CT molecular complexity index is 1090. The smallest absolute Gasteiger partial charge is 0.244 e. The van der Waals surface area contributed by atoms with Gasteiger partial charge in [0.1, 0.15) is 0 Å². The predicted molar refractivity (Wildman–Crippen MR) is 98.8 cm³/mol. The van der Waals surface area contributed by atoms with Gasteiger partial charge >= 0.3 is 0 Å². The Labute approximate surface area is 145 Å². The lowest BCUT2D eigenvalue weighted by Crippen LogP contribution is -2.32. The zero-order chi connectivity index (χ0) is 16.3. The van der Waals surface area contributed by atoms with E-state index in [1.165, 1.54) is 37.3 Å². The number of hydrogen-bond acceptors (Lipinski definition) is 1. The van der Waals surface area contributed by atoms with Crippen LogP contribution in [0.1, 0.15) is 13.8 Å². The minimum absolute atomic E-state index is 0.596. The van der Waals surface area contributed by atoms with Gasteiger partial charge in [-0.05, 0) is 16.7 Å². The zero-order valence-electron chi connectivity index (χ0n) is 13.8. The van der Waals surface area contributed by atoms with Crippen molar-refractivity contribution >= 4 is 33.6 Å². The van der Waals surface area contributed by atoms with Crippen LogP contribution in [0.15, 0.2) is 64.4 Å². The van der Waals surface area contributed by atoms with Crippen LogP contribution in [0.4, 0.5) is 0 Å². The van der Waals surface area contributed by atoms with Crippen molar-refractivity contribution in [2.24, 2.45) is 5.92 Å². The average Bonchev–Trinajstić information content (AvgIpc) is 2.95. The molecule has 0 atom stereocenters. The van der Waals surface area contributed by atoms with Gasteiger partial charge in [-0.3, -0.25) is 0 Å². The molecule has 4 aromatic rings. The van der Waals surface area contributed by atoms with Crippen molar-refractivity contribution < 1.29 is 4.57 Å². The van der Waals surface area contributed by atoms with Crippen LogP contribution in [0.3, 0.4) is 0 Å². The highest BCUT2D eigenvalue weighted by Gasteiger charge is 2.22. The number of aromatic nitrogens is 2. The first kappa shape index (κ1) is 14.1. The summed E-state index contributed by atoms with van der Waals surface area (Å²) in [5.41, 5.74) is 3.79. The molecule has 0 fully saturated rings. The van der Waals surface area contributed by atoms with E-state index in [9.17, 15) is 0 Å². The molecule has 0 radical (unpaired) electrons. The number of para-hydroxylation sites is 1. The Morgan fingerprint density at radius 1 is 1.04 bits per heavy atom. The summed E-state index contributed by atoms with van der Waals surface area (Å²) in [5, 5.41) is 2.61. The van der Waals surface area contributed by atoms with E-state index < -0.39 is 0 Å². The van der Waals surface area contributed by atoms with Crippen molar-refractivity contribution in [2.45, 2.75) is 30.2 Å². The molecule has 2 heterocycles. The highest BCUT2D eigenvalue weighted by molar-refractivity contribution is 8.00. The summed E-state index contributed by atoms with van der Waals surface area (Å²) in [6.07, 6.45) is 3.60. The van der Waals surface area contributed by atoms with Gasteiger partial charge in [0.15, 0.2) is 0 Å². The molecule has 5 rings (SSSR count). The van der Waals surface area contributed by atoms with E-state index >= 15 is 0 Å². The number of fused-ring (bicyclic) bond motifs is 4. The fraction of sp³-hybridized carbons (Fsp3) is 0.190. The van der Waals surface area contributed by atoms with Crippen LogP contribution in [0, 0.1) is 12.2 Å². The van der Waals surface area contributed by atoms with E-state index in [1.807, 2.05) is 11.8 Å². The van der Waals surface area contributed by atoms with Gasteiger partial charge in [0.25, 0.3) is 0 Å². The van der Waals surface area contributed by atoms with Gasteiger partial charge in [-0.15, -0.1) is 11.8 Å². The molecule has 0 spiro atoms.